The van der Waals surface area contributed by atoms with Crippen molar-refractivity contribution in [1.82, 2.24) is 9.97 Å². The van der Waals surface area contributed by atoms with Crippen LogP contribution in [0.5, 0.6) is 0 Å². The third-order valence-corrected chi connectivity index (χ3v) is 5.21. The van der Waals surface area contributed by atoms with Crippen LogP contribution in [0.15, 0.2) is 66.7 Å². The number of benzene rings is 3. The molecule has 3 aromatic carbocycles. The summed E-state index contributed by atoms with van der Waals surface area (Å²) in [6.45, 7) is 0. The second kappa shape index (κ2) is 5.95. The predicted molar refractivity (Wildman–Crippen MR) is 107 cm³/mol. The van der Waals surface area contributed by atoms with Crippen LogP contribution in [0.4, 0.5) is 5.95 Å². The molecule has 3 heteroatoms. The van der Waals surface area contributed by atoms with Crippen LogP contribution in [-0.2, 0) is 12.8 Å². The van der Waals surface area contributed by atoms with Gasteiger partial charge in [-0.2, -0.15) is 0 Å². The quantitative estimate of drug-likeness (QED) is 0.530. The molecule has 0 spiro atoms. The van der Waals surface area contributed by atoms with E-state index in [2.05, 4.69) is 76.7 Å². The van der Waals surface area contributed by atoms with Crippen molar-refractivity contribution in [2.24, 2.45) is 0 Å². The number of nitrogens with two attached hydrogens (primary N) is 1. The normalized spacial score (nSPS) is 13.1. The summed E-state index contributed by atoms with van der Waals surface area (Å²) in [5, 5.41) is 2.41. The first-order valence-electron chi connectivity index (χ1n) is 9.04. The summed E-state index contributed by atoms with van der Waals surface area (Å²) in [5.74, 6) is 0.336. The van der Waals surface area contributed by atoms with E-state index in [0.717, 1.165) is 36.2 Å². The van der Waals surface area contributed by atoms with Crippen molar-refractivity contribution in [3.8, 4) is 22.5 Å². The summed E-state index contributed by atoms with van der Waals surface area (Å²) < 4.78 is 0. The Kier molecular flexibility index (Phi) is 3.45. The van der Waals surface area contributed by atoms with E-state index in [-0.39, 0.29) is 0 Å². The van der Waals surface area contributed by atoms with Gasteiger partial charge in [-0.1, -0.05) is 66.7 Å². The first-order valence-corrected chi connectivity index (χ1v) is 9.04. The van der Waals surface area contributed by atoms with E-state index in [1.165, 1.54) is 27.5 Å². The van der Waals surface area contributed by atoms with Crippen molar-refractivity contribution in [1.29, 1.82) is 0 Å². The third kappa shape index (κ3) is 2.36. The Morgan fingerprint density at radius 2 is 1.38 bits per heavy atom. The average Bonchev–Trinajstić information content (AvgIpc) is 2.86. The molecule has 0 saturated carbocycles. The molecule has 2 N–H and O–H groups in total. The van der Waals surface area contributed by atoms with Crippen molar-refractivity contribution in [3.05, 3.63) is 77.9 Å². The van der Waals surface area contributed by atoms with Crippen LogP contribution in [0.25, 0.3) is 33.3 Å². The van der Waals surface area contributed by atoms with E-state index in [0.29, 0.717) is 5.95 Å². The molecular formula is C23H19N3. The van der Waals surface area contributed by atoms with Gasteiger partial charge >= 0.3 is 0 Å². The molecule has 1 heterocycles. The minimum atomic E-state index is 0.336. The van der Waals surface area contributed by atoms with Gasteiger partial charge in [0.2, 0.25) is 5.95 Å². The van der Waals surface area contributed by atoms with Crippen molar-refractivity contribution >= 4 is 16.7 Å². The molecule has 1 aromatic heterocycles. The van der Waals surface area contributed by atoms with Crippen LogP contribution < -0.4 is 5.73 Å². The Morgan fingerprint density at radius 1 is 0.692 bits per heavy atom. The van der Waals surface area contributed by atoms with Gasteiger partial charge in [-0.3, -0.25) is 0 Å². The van der Waals surface area contributed by atoms with Gasteiger partial charge in [0.25, 0.3) is 0 Å². The minimum Gasteiger partial charge on any atom is -0.368 e. The SMILES string of the molecule is Nc1nc2c(c(-c3cccc4ccccc34)n1)CCCc1ccccc1-2. The molecule has 0 amide bonds. The van der Waals surface area contributed by atoms with E-state index >= 15 is 0 Å². The van der Waals surface area contributed by atoms with Crippen molar-refractivity contribution in [2.75, 3.05) is 5.73 Å². The van der Waals surface area contributed by atoms with Crippen LogP contribution in [0.3, 0.4) is 0 Å². The second-order valence-corrected chi connectivity index (χ2v) is 6.79. The van der Waals surface area contributed by atoms with Gasteiger partial charge in [0.15, 0.2) is 0 Å². The van der Waals surface area contributed by atoms with Gasteiger partial charge < -0.3 is 5.73 Å². The Balaban J connectivity index is 1.84. The zero-order valence-corrected chi connectivity index (χ0v) is 14.4. The zero-order chi connectivity index (χ0) is 17.5. The maximum Gasteiger partial charge on any atom is 0.221 e. The maximum absolute atomic E-state index is 6.15. The minimum absolute atomic E-state index is 0.336. The van der Waals surface area contributed by atoms with Crippen molar-refractivity contribution in [2.45, 2.75) is 19.3 Å². The first kappa shape index (κ1) is 15.1. The molecule has 1 aliphatic carbocycles. The molecule has 0 atom stereocenters. The number of aryl methyl sites for hydroxylation is 1. The van der Waals surface area contributed by atoms with Gasteiger partial charge in [0.05, 0.1) is 11.4 Å². The first-order chi connectivity index (χ1) is 12.8. The highest BCUT2D eigenvalue weighted by molar-refractivity contribution is 5.97. The molecule has 126 valence electrons. The molecule has 0 aliphatic heterocycles. The molecular weight excluding hydrogens is 318 g/mol. The average molecular weight is 337 g/mol. The fourth-order valence-corrected chi connectivity index (χ4v) is 4.04. The number of aromatic nitrogens is 2. The van der Waals surface area contributed by atoms with Gasteiger partial charge in [-0.15, -0.1) is 0 Å². The van der Waals surface area contributed by atoms with Crippen LogP contribution in [-0.4, -0.2) is 9.97 Å². The topological polar surface area (TPSA) is 51.8 Å². The number of hydrogen-bond donors (Lipinski definition) is 1. The molecule has 0 saturated heterocycles. The van der Waals surface area contributed by atoms with Gasteiger partial charge in [0, 0.05) is 16.7 Å². The summed E-state index contributed by atoms with van der Waals surface area (Å²) in [6, 6.07) is 23.3. The molecule has 5 rings (SSSR count). The van der Waals surface area contributed by atoms with Crippen LogP contribution in [0, 0.1) is 0 Å². The number of fused-ring (bicyclic) bond motifs is 4. The number of hydrogen-bond acceptors (Lipinski definition) is 3. The standard InChI is InChI=1S/C23H19N3/c24-23-25-21-18-12-4-2-8-16(18)10-6-14-20(21)22(26-23)19-13-5-9-15-7-1-3-11-17(15)19/h1-5,7-9,11-13H,6,10,14H2,(H2,24,25,26). The molecule has 0 unspecified atom stereocenters. The second-order valence-electron chi connectivity index (χ2n) is 6.79. The van der Waals surface area contributed by atoms with E-state index in [9.17, 15) is 0 Å². The van der Waals surface area contributed by atoms with E-state index in [4.69, 9.17) is 5.73 Å². The van der Waals surface area contributed by atoms with Crippen molar-refractivity contribution < 1.29 is 0 Å². The fourth-order valence-electron chi connectivity index (χ4n) is 4.04. The highest BCUT2D eigenvalue weighted by Gasteiger charge is 2.21. The molecule has 0 bridgehead atoms. The molecule has 3 nitrogen and oxygen atoms in total. The number of nitrogens with zero attached hydrogens (tertiary/aromatic N) is 2. The smallest absolute Gasteiger partial charge is 0.221 e. The number of anilines is 1. The Morgan fingerprint density at radius 3 is 2.31 bits per heavy atom. The van der Waals surface area contributed by atoms with Crippen LogP contribution >= 0.6 is 0 Å². The Bertz CT molecular complexity index is 1130. The Hall–Kier alpha value is -3.20. The van der Waals surface area contributed by atoms with Gasteiger partial charge in [-0.05, 0) is 35.6 Å². The number of rotatable bonds is 1. The summed E-state index contributed by atoms with van der Waals surface area (Å²) in [5.41, 5.74) is 13.0. The predicted octanol–water partition coefficient (Wildman–Crippen LogP) is 5.03. The van der Waals surface area contributed by atoms with Gasteiger partial charge in [0.1, 0.15) is 0 Å². The lowest BCUT2D eigenvalue weighted by molar-refractivity contribution is 0.831. The highest BCUT2D eigenvalue weighted by atomic mass is 15.0. The highest BCUT2D eigenvalue weighted by Crippen LogP contribution is 2.38. The lowest BCUT2D eigenvalue weighted by Crippen LogP contribution is -2.04. The Labute approximate surface area is 152 Å². The van der Waals surface area contributed by atoms with E-state index in [1.807, 2.05) is 0 Å². The van der Waals surface area contributed by atoms with Gasteiger partial charge in [-0.25, -0.2) is 9.97 Å². The molecule has 1 aliphatic rings. The van der Waals surface area contributed by atoms with E-state index < -0.39 is 0 Å². The number of nitrogen functional groups attached to an aromatic ring is 1. The third-order valence-electron chi connectivity index (χ3n) is 5.21. The zero-order valence-electron chi connectivity index (χ0n) is 14.4. The summed E-state index contributed by atoms with van der Waals surface area (Å²) >= 11 is 0. The molecule has 0 fully saturated rings. The van der Waals surface area contributed by atoms with E-state index in [1.54, 1.807) is 0 Å². The lowest BCUT2D eigenvalue weighted by atomic mass is 9.95. The summed E-state index contributed by atoms with van der Waals surface area (Å²) in [4.78, 5) is 9.34. The maximum atomic E-state index is 6.15. The fraction of sp³-hybridized carbons (Fsp3) is 0.130. The lowest BCUT2D eigenvalue weighted by Gasteiger charge is -2.15. The summed E-state index contributed by atoms with van der Waals surface area (Å²) in [7, 11) is 0. The molecule has 26 heavy (non-hydrogen) atoms. The molecule has 0 radical (unpaired) electrons. The molecule has 4 aromatic rings. The van der Waals surface area contributed by atoms with Crippen molar-refractivity contribution in [3.63, 3.8) is 0 Å². The summed E-state index contributed by atoms with van der Waals surface area (Å²) in [6.07, 6.45) is 3.11. The monoisotopic (exact) mass is 337 g/mol. The van der Waals surface area contributed by atoms with Crippen LogP contribution in [0.1, 0.15) is 17.5 Å². The van der Waals surface area contributed by atoms with Crippen LogP contribution in [0.2, 0.25) is 0 Å². The largest absolute Gasteiger partial charge is 0.368 e.